The minimum absolute atomic E-state index is 0.0136. The summed E-state index contributed by atoms with van der Waals surface area (Å²) < 4.78 is 162. The Hall–Kier alpha value is -5.08. The molecule has 20 heteroatoms. The van der Waals surface area contributed by atoms with Crippen LogP contribution in [0.5, 0.6) is 0 Å². The van der Waals surface area contributed by atoms with Crippen molar-refractivity contribution >= 4 is 43.2 Å². The highest BCUT2D eigenvalue weighted by Gasteiger charge is 2.38. The van der Waals surface area contributed by atoms with E-state index in [9.17, 15) is 61.5 Å². The quantitative estimate of drug-likeness (QED) is 0.102. The molecule has 0 aliphatic carbocycles. The van der Waals surface area contributed by atoms with Crippen LogP contribution in [0.1, 0.15) is 43.0 Å². The van der Waals surface area contributed by atoms with Crippen molar-refractivity contribution in [1.29, 1.82) is 0 Å². The van der Waals surface area contributed by atoms with Crippen LogP contribution in [-0.4, -0.2) is 54.8 Å². The van der Waals surface area contributed by atoms with Gasteiger partial charge in [0.2, 0.25) is 20.0 Å². The van der Waals surface area contributed by atoms with E-state index < -0.39 is 91.4 Å². The van der Waals surface area contributed by atoms with E-state index in [4.69, 9.17) is 5.73 Å². The summed E-state index contributed by atoms with van der Waals surface area (Å²) in [5, 5.41) is 0. The lowest BCUT2D eigenvalue weighted by molar-refractivity contribution is -0.137. The predicted molar refractivity (Wildman–Crippen MR) is 182 cm³/mol. The summed E-state index contributed by atoms with van der Waals surface area (Å²) in [6, 6.07) is 14.6. The van der Waals surface area contributed by atoms with Gasteiger partial charge in [-0.15, -0.1) is 0 Å². The molecule has 54 heavy (non-hydrogen) atoms. The number of carbonyl (C=O) groups is 2. The lowest BCUT2D eigenvalue weighted by atomic mass is 10.1. The Morgan fingerprint density at radius 3 is 1.35 bits per heavy atom. The summed E-state index contributed by atoms with van der Waals surface area (Å²) in [5.74, 6) is -3.20. The maximum atomic E-state index is 14.3. The first-order valence-corrected chi connectivity index (χ1v) is 18.8. The number of methoxy groups -OCH3 is 1. The van der Waals surface area contributed by atoms with E-state index in [0.717, 1.165) is 80.3 Å². The van der Waals surface area contributed by atoms with Crippen molar-refractivity contribution < 1.29 is 66.3 Å². The number of rotatable bonds is 11. The van der Waals surface area contributed by atoms with Gasteiger partial charge in [-0.3, -0.25) is 13.4 Å². The van der Waals surface area contributed by atoms with Gasteiger partial charge in [0.25, 0.3) is 0 Å². The second-order valence-corrected chi connectivity index (χ2v) is 15.1. The van der Waals surface area contributed by atoms with Crippen LogP contribution in [0, 0.1) is 11.6 Å². The minimum atomic E-state index is -4.80. The zero-order valence-electron chi connectivity index (χ0n) is 28.4. The number of carbonyl (C=O) groups excluding carboxylic acids is 2. The largest absolute Gasteiger partial charge is 0.465 e. The number of ketones is 1. The van der Waals surface area contributed by atoms with E-state index >= 15 is 0 Å². The van der Waals surface area contributed by atoms with Gasteiger partial charge in [0.1, 0.15) is 11.6 Å². The molecule has 0 heterocycles. The molecule has 0 aromatic heterocycles. The van der Waals surface area contributed by atoms with Gasteiger partial charge in [-0.2, -0.15) is 26.3 Å². The normalized spacial score (nSPS) is 12.0. The molecule has 0 amide bonds. The number of anilines is 2. The number of ether oxygens (including phenoxy) is 1. The Balaban J connectivity index is 0.000000290. The maximum absolute atomic E-state index is 14.3. The average molecular weight is 810 g/mol. The average Bonchev–Trinajstić information content (AvgIpc) is 3.08. The van der Waals surface area contributed by atoms with Crippen LogP contribution in [0.2, 0.25) is 0 Å². The zero-order chi connectivity index (χ0) is 40.8. The van der Waals surface area contributed by atoms with Crippen LogP contribution in [0.4, 0.5) is 46.5 Å². The number of halogens is 8. The van der Waals surface area contributed by atoms with Gasteiger partial charge in [-0.25, -0.2) is 30.4 Å². The molecule has 4 aromatic carbocycles. The fourth-order valence-corrected chi connectivity index (χ4v) is 6.60. The molecular weight excluding hydrogens is 779 g/mol. The number of para-hydroxylation sites is 2. The van der Waals surface area contributed by atoms with Crippen molar-refractivity contribution in [2.24, 2.45) is 5.73 Å². The van der Waals surface area contributed by atoms with E-state index in [1.54, 1.807) is 0 Å². The third-order valence-electron chi connectivity index (χ3n) is 7.42. The summed E-state index contributed by atoms with van der Waals surface area (Å²) in [6.07, 6.45) is -8.15. The topological polar surface area (TPSA) is 144 Å². The lowest BCUT2D eigenvalue weighted by Crippen LogP contribution is -2.31. The molecular formula is C34H31F8N3O7S2. The molecule has 4 rings (SSSR count). The number of alkyl halides is 6. The summed E-state index contributed by atoms with van der Waals surface area (Å²) >= 11 is 0. The number of nitrogens with two attached hydrogens (primary N) is 1. The standard InChI is InChI=1S/C17H16F4N2O3S.C17H15F4NO4S/c1-27(25,26)23(15-5-3-2-4-13(15)17(19,20)21)10-12-7-6-11(8-14(12)18)16(24)9-22;1-26-16(23)11-7-8-12(14(18)9-11)10-22(27(2,24)25)15-6-4-3-5-13(15)17(19,20)21/h2-8H,9-10,22H2,1H3;3-9H,10H2,1-2H3. The molecule has 0 aliphatic heterocycles. The number of esters is 1. The maximum Gasteiger partial charge on any atom is 0.418 e. The van der Waals surface area contributed by atoms with Gasteiger partial charge in [-0.05, 0) is 42.5 Å². The van der Waals surface area contributed by atoms with Gasteiger partial charge in [-0.1, -0.05) is 42.5 Å². The van der Waals surface area contributed by atoms with E-state index in [1.165, 1.54) is 24.3 Å². The molecule has 2 N–H and O–H groups in total. The SMILES string of the molecule is COC(=O)c1ccc(CN(c2ccccc2C(F)(F)F)S(C)(=O)=O)c(F)c1.CS(=O)(=O)N(Cc1ccc(C(=O)CN)cc1F)c1ccccc1C(F)(F)F. The van der Waals surface area contributed by atoms with Crippen LogP contribution in [0.3, 0.4) is 0 Å². The van der Waals surface area contributed by atoms with Crippen molar-refractivity contribution in [3.05, 3.63) is 130 Å². The summed E-state index contributed by atoms with van der Waals surface area (Å²) in [4.78, 5) is 22.9. The predicted octanol–water partition coefficient (Wildman–Crippen LogP) is 6.55. The Bertz CT molecular complexity index is 2070. The number of hydrogen-bond donors (Lipinski definition) is 1. The fraction of sp³-hybridized carbons (Fsp3) is 0.235. The highest BCUT2D eigenvalue weighted by Crippen LogP contribution is 2.39. The molecule has 0 atom stereocenters. The number of Topliss-reactive ketones (excluding diaryl/α,β-unsaturated/α-hetero) is 1. The Kier molecular flexibility index (Phi) is 13.6. The Labute approximate surface area is 304 Å². The van der Waals surface area contributed by atoms with Crippen molar-refractivity contribution in [2.75, 3.05) is 34.8 Å². The van der Waals surface area contributed by atoms with Crippen molar-refractivity contribution in [3.8, 4) is 0 Å². The summed E-state index contributed by atoms with van der Waals surface area (Å²) in [7, 11) is -7.23. The van der Waals surface area contributed by atoms with Crippen LogP contribution in [0.15, 0.2) is 84.9 Å². The zero-order valence-corrected chi connectivity index (χ0v) is 30.0. The first-order valence-electron chi connectivity index (χ1n) is 15.1. The van der Waals surface area contributed by atoms with Crippen LogP contribution >= 0.6 is 0 Å². The molecule has 10 nitrogen and oxygen atoms in total. The van der Waals surface area contributed by atoms with E-state index in [-0.39, 0.29) is 28.8 Å². The van der Waals surface area contributed by atoms with Crippen LogP contribution < -0.4 is 14.3 Å². The fourth-order valence-electron chi connectivity index (χ4n) is 4.82. The molecule has 0 fully saturated rings. The third-order valence-corrected chi connectivity index (χ3v) is 9.67. The minimum Gasteiger partial charge on any atom is -0.465 e. The first kappa shape index (κ1) is 43.3. The Morgan fingerprint density at radius 2 is 1.02 bits per heavy atom. The molecule has 0 saturated carbocycles. The van der Waals surface area contributed by atoms with E-state index in [0.29, 0.717) is 8.61 Å². The van der Waals surface area contributed by atoms with Crippen LogP contribution in [-0.2, 0) is 50.2 Å². The lowest BCUT2D eigenvalue weighted by Gasteiger charge is -2.26. The van der Waals surface area contributed by atoms with Gasteiger partial charge in [0.15, 0.2) is 5.78 Å². The van der Waals surface area contributed by atoms with Crippen molar-refractivity contribution in [3.63, 3.8) is 0 Å². The van der Waals surface area contributed by atoms with Gasteiger partial charge < -0.3 is 10.5 Å². The second-order valence-electron chi connectivity index (χ2n) is 11.3. The highest BCUT2D eigenvalue weighted by atomic mass is 32.2. The van der Waals surface area contributed by atoms with E-state index in [2.05, 4.69) is 4.74 Å². The van der Waals surface area contributed by atoms with Gasteiger partial charge in [0, 0.05) is 16.7 Å². The molecule has 292 valence electrons. The molecule has 0 aliphatic rings. The summed E-state index contributed by atoms with van der Waals surface area (Å²) in [5.41, 5.74) is 1.12. The Morgan fingerprint density at radius 1 is 0.648 bits per heavy atom. The number of benzene rings is 4. The first-order chi connectivity index (χ1) is 24.9. The second kappa shape index (κ2) is 16.9. The number of nitrogens with zero attached hydrogens (tertiary/aromatic N) is 2. The molecule has 0 spiro atoms. The van der Waals surface area contributed by atoms with Crippen LogP contribution in [0.25, 0.3) is 0 Å². The smallest absolute Gasteiger partial charge is 0.418 e. The number of hydrogen-bond acceptors (Lipinski definition) is 8. The highest BCUT2D eigenvalue weighted by molar-refractivity contribution is 7.92. The molecule has 0 radical (unpaired) electrons. The molecule has 4 aromatic rings. The van der Waals surface area contributed by atoms with Crippen molar-refractivity contribution in [2.45, 2.75) is 25.4 Å². The third kappa shape index (κ3) is 11.0. The van der Waals surface area contributed by atoms with Gasteiger partial charge >= 0.3 is 18.3 Å². The molecule has 0 unspecified atom stereocenters. The van der Waals surface area contributed by atoms with Crippen molar-refractivity contribution in [1.82, 2.24) is 0 Å². The molecule has 0 saturated heterocycles. The molecule has 0 bridgehead atoms. The van der Waals surface area contributed by atoms with Gasteiger partial charge in [0.05, 0.1) is 67.3 Å². The van der Waals surface area contributed by atoms with E-state index in [1.807, 2.05) is 0 Å². The summed E-state index contributed by atoms with van der Waals surface area (Å²) in [6.45, 7) is -1.69. The number of sulfonamides is 2. The monoisotopic (exact) mass is 809 g/mol.